The SMILES string of the molecule is NC(=O)COc1c(OCC(N)=O)c(C2CCCCC2)c(C2CCCCC2)c(C2CCCCC2)c1C1CCCCC1. The number of benzene rings is 1. The Labute approximate surface area is 241 Å². The lowest BCUT2D eigenvalue weighted by Gasteiger charge is -2.40. The molecule has 0 aliphatic heterocycles. The number of nitrogens with two attached hydrogens (primary N) is 2. The van der Waals surface area contributed by atoms with E-state index in [1.807, 2.05) is 0 Å². The minimum absolute atomic E-state index is 0.177. The van der Waals surface area contributed by atoms with Gasteiger partial charge in [-0.05, 0) is 86.2 Å². The van der Waals surface area contributed by atoms with E-state index in [0.29, 0.717) is 35.2 Å². The third kappa shape index (κ3) is 6.79. The molecule has 4 N–H and O–H groups in total. The number of primary amides is 2. The van der Waals surface area contributed by atoms with Crippen LogP contribution in [0.2, 0.25) is 0 Å². The molecule has 0 bridgehead atoms. The minimum Gasteiger partial charge on any atom is -0.480 e. The van der Waals surface area contributed by atoms with Gasteiger partial charge in [-0.25, -0.2) is 0 Å². The van der Waals surface area contributed by atoms with E-state index < -0.39 is 11.8 Å². The molecule has 4 aliphatic carbocycles. The van der Waals surface area contributed by atoms with Gasteiger partial charge in [0.15, 0.2) is 24.7 Å². The van der Waals surface area contributed by atoms with Crippen LogP contribution in [0.5, 0.6) is 11.5 Å². The van der Waals surface area contributed by atoms with Crippen LogP contribution in [0.25, 0.3) is 0 Å². The monoisotopic (exact) mass is 552 g/mol. The predicted molar refractivity (Wildman–Crippen MR) is 159 cm³/mol. The average molecular weight is 553 g/mol. The Kier molecular flexibility index (Phi) is 10.3. The quantitative estimate of drug-likeness (QED) is 0.312. The van der Waals surface area contributed by atoms with Gasteiger partial charge in [0.25, 0.3) is 11.8 Å². The Hall–Kier alpha value is -2.24. The highest BCUT2D eigenvalue weighted by Crippen LogP contribution is 2.57. The van der Waals surface area contributed by atoms with Crippen LogP contribution in [0.3, 0.4) is 0 Å². The first-order chi connectivity index (χ1) is 19.5. The summed E-state index contributed by atoms with van der Waals surface area (Å²) in [5, 5.41) is 0. The van der Waals surface area contributed by atoms with Crippen molar-refractivity contribution in [1.29, 1.82) is 0 Å². The lowest BCUT2D eigenvalue weighted by Crippen LogP contribution is -2.27. The highest BCUT2D eigenvalue weighted by atomic mass is 16.5. The molecule has 2 amide bonds. The number of carbonyl (C=O) groups excluding carboxylic acids is 2. The minimum atomic E-state index is -0.481. The molecule has 0 aromatic heterocycles. The van der Waals surface area contributed by atoms with Gasteiger partial charge in [0.05, 0.1) is 0 Å². The molecule has 0 atom stereocenters. The van der Waals surface area contributed by atoms with Gasteiger partial charge in [0.1, 0.15) is 0 Å². The van der Waals surface area contributed by atoms with E-state index in [0.717, 1.165) is 25.7 Å². The third-order valence-electron chi connectivity index (χ3n) is 10.3. The molecule has 4 aliphatic rings. The highest BCUT2D eigenvalue weighted by Gasteiger charge is 2.39. The maximum atomic E-state index is 12.1. The van der Waals surface area contributed by atoms with Gasteiger partial charge in [0, 0.05) is 11.1 Å². The fourth-order valence-corrected chi connectivity index (χ4v) is 8.61. The van der Waals surface area contributed by atoms with Crippen LogP contribution in [0.4, 0.5) is 0 Å². The Morgan fingerprint density at radius 3 is 0.950 bits per heavy atom. The Morgan fingerprint density at radius 2 is 0.700 bits per heavy atom. The van der Waals surface area contributed by atoms with Gasteiger partial charge >= 0.3 is 0 Å². The van der Waals surface area contributed by atoms with Crippen LogP contribution in [0.15, 0.2) is 0 Å². The first kappa shape index (κ1) is 29.3. The number of rotatable bonds is 10. The number of carbonyl (C=O) groups is 2. The van der Waals surface area contributed by atoms with Crippen LogP contribution >= 0.6 is 0 Å². The smallest absolute Gasteiger partial charge is 0.255 e. The number of hydrogen-bond acceptors (Lipinski definition) is 4. The van der Waals surface area contributed by atoms with Crippen molar-refractivity contribution < 1.29 is 19.1 Å². The zero-order valence-electron chi connectivity index (χ0n) is 24.7. The largest absolute Gasteiger partial charge is 0.480 e. The predicted octanol–water partition coefficient (Wildman–Crippen LogP) is 7.61. The summed E-state index contributed by atoms with van der Waals surface area (Å²) in [6.07, 6.45) is 24.5. The number of amides is 2. The zero-order valence-corrected chi connectivity index (χ0v) is 24.7. The lowest BCUT2D eigenvalue weighted by atomic mass is 9.66. The topological polar surface area (TPSA) is 105 Å². The van der Waals surface area contributed by atoms with Gasteiger partial charge in [-0.1, -0.05) is 77.0 Å². The van der Waals surface area contributed by atoms with Gasteiger partial charge in [-0.15, -0.1) is 0 Å². The molecule has 1 aromatic rings. The van der Waals surface area contributed by atoms with Crippen molar-refractivity contribution in [2.24, 2.45) is 11.5 Å². The molecule has 0 saturated heterocycles. The summed E-state index contributed by atoms with van der Waals surface area (Å²) in [6, 6.07) is 0. The van der Waals surface area contributed by atoms with E-state index in [1.54, 1.807) is 11.1 Å². The third-order valence-corrected chi connectivity index (χ3v) is 10.3. The number of hydrogen-bond donors (Lipinski definition) is 2. The van der Waals surface area contributed by atoms with E-state index in [2.05, 4.69) is 0 Å². The first-order valence-corrected chi connectivity index (χ1v) is 16.6. The van der Waals surface area contributed by atoms with Crippen molar-refractivity contribution >= 4 is 11.8 Å². The molecule has 0 spiro atoms. The molecule has 6 nitrogen and oxygen atoms in total. The molecule has 5 rings (SSSR count). The van der Waals surface area contributed by atoms with E-state index in [1.165, 1.54) is 114 Å². The lowest BCUT2D eigenvalue weighted by molar-refractivity contribution is -0.121. The van der Waals surface area contributed by atoms with E-state index >= 15 is 0 Å². The van der Waals surface area contributed by atoms with Crippen LogP contribution < -0.4 is 20.9 Å². The van der Waals surface area contributed by atoms with Crippen molar-refractivity contribution in [3.8, 4) is 11.5 Å². The van der Waals surface area contributed by atoms with Crippen LogP contribution in [-0.4, -0.2) is 25.0 Å². The highest BCUT2D eigenvalue weighted by molar-refractivity contribution is 5.77. The normalized spacial score (nSPS) is 22.2. The first-order valence-electron chi connectivity index (χ1n) is 16.6. The molecular weight excluding hydrogens is 500 g/mol. The van der Waals surface area contributed by atoms with Crippen molar-refractivity contribution in [3.05, 3.63) is 22.3 Å². The molecule has 222 valence electrons. The van der Waals surface area contributed by atoms with Crippen molar-refractivity contribution in [2.45, 2.75) is 152 Å². The van der Waals surface area contributed by atoms with E-state index in [4.69, 9.17) is 20.9 Å². The second kappa shape index (κ2) is 14.1. The number of ether oxygens (including phenoxy) is 2. The van der Waals surface area contributed by atoms with Gasteiger partial charge in [-0.2, -0.15) is 0 Å². The Balaban J connectivity index is 1.81. The average Bonchev–Trinajstić information content (AvgIpc) is 2.99. The standard InChI is InChI=1S/C34H52N2O4/c35-27(37)21-39-33-31(25-17-9-3-10-18-25)29(23-13-5-1-6-14-23)30(24-15-7-2-8-16-24)32(26-19-11-4-12-20-26)34(33)40-22-28(36)38/h23-26H,1-22H2,(H2,35,37)(H2,36,38). The molecule has 0 heterocycles. The maximum Gasteiger partial charge on any atom is 0.255 e. The summed E-state index contributed by atoms with van der Waals surface area (Å²) < 4.78 is 12.9. The molecule has 1 aromatic carbocycles. The molecule has 0 radical (unpaired) electrons. The summed E-state index contributed by atoms with van der Waals surface area (Å²) in [7, 11) is 0. The maximum absolute atomic E-state index is 12.1. The van der Waals surface area contributed by atoms with Crippen molar-refractivity contribution in [3.63, 3.8) is 0 Å². The fourth-order valence-electron chi connectivity index (χ4n) is 8.61. The second-order valence-electron chi connectivity index (χ2n) is 13.2. The second-order valence-corrected chi connectivity index (χ2v) is 13.2. The van der Waals surface area contributed by atoms with Gasteiger partial charge in [0.2, 0.25) is 0 Å². The van der Waals surface area contributed by atoms with Crippen LogP contribution in [0, 0.1) is 0 Å². The molecule has 0 unspecified atom stereocenters. The Bertz CT molecular complexity index is 933. The van der Waals surface area contributed by atoms with Gasteiger partial charge < -0.3 is 20.9 Å². The molecule has 4 fully saturated rings. The summed E-state index contributed by atoms with van der Waals surface area (Å²) in [5.41, 5.74) is 17.1. The molecule has 40 heavy (non-hydrogen) atoms. The fraction of sp³-hybridized carbons (Fsp3) is 0.765. The summed E-state index contributed by atoms with van der Waals surface area (Å²) in [5.74, 6) is 2.27. The van der Waals surface area contributed by atoms with Crippen molar-refractivity contribution in [2.75, 3.05) is 13.2 Å². The van der Waals surface area contributed by atoms with Crippen LogP contribution in [0.1, 0.15) is 174 Å². The summed E-state index contributed by atoms with van der Waals surface area (Å²) in [4.78, 5) is 24.2. The molecule has 6 heteroatoms. The summed E-state index contributed by atoms with van der Waals surface area (Å²) in [6.45, 7) is -0.354. The Morgan fingerprint density at radius 1 is 0.450 bits per heavy atom. The van der Waals surface area contributed by atoms with E-state index in [-0.39, 0.29) is 13.2 Å². The van der Waals surface area contributed by atoms with E-state index in [9.17, 15) is 9.59 Å². The zero-order chi connectivity index (χ0) is 27.9. The summed E-state index contributed by atoms with van der Waals surface area (Å²) >= 11 is 0. The van der Waals surface area contributed by atoms with Gasteiger partial charge in [-0.3, -0.25) is 9.59 Å². The van der Waals surface area contributed by atoms with Crippen LogP contribution in [-0.2, 0) is 9.59 Å². The molecule has 4 saturated carbocycles. The van der Waals surface area contributed by atoms with Crippen molar-refractivity contribution in [1.82, 2.24) is 0 Å². The molecular formula is C34H52N2O4.